The van der Waals surface area contributed by atoms with Crippen LogP contribution in [0.5, 0.6) is 17.2 Å². The highest BCUT2D eigenvalue weighted by atomic mass is 35.5. The van der Waals surface area contributed by atoms with Crippen LogP contribution in [0.4, 0.5) is 0 Å². The summed E-state index contributed by atoms with van der Waals surface area (Å²) in [5.41, 5.74) is 6.53. The van der Waals surface area contributed by atoms with E-state index in [4.69, 9.17) is 36.3 Å². The molecule has 0 spiro atoms. The number of fused-ring (bicyclic) bond motifs is 1. The molecule has 3 aromatic rings. The lowest BCUT2D eigenvalue weighted by molar-refractivity contribution is -0.0388. The number of nitrogens with two attached hydrogens (primary N) is 1. The van der Waals surface area contributed by atoms with E-state index in [1.165, 1.54) is 0 Å². The first-order valence-corrected chi connectivity index (χ1v) is 10.4. The van der Waals surface area contributed by atoms with Crippen molar-refractivity contribution in [2.24, 2.45) is 12.8 Å². The molecule has 1 fully saturated rings. The van der Waals surface area contributed by atoms with Crippen molar-refractivity contribution in [2.75, 3.05) is 26.4 Å². The number of amides is 1. The van der Waals surface area contributed by atoms with Gasteiger partial charge in [0.25, 0.3) is 0 Å². The molecule has 2 heterocycles. The summed E-state index contributed by atoms with van der Waals surface area (Å²) in [7, 11) is 1.80. The van der Waals surface area contributed by atoms with E-state index in [2.05, 4.69) is 5.10 Å². The van der Waals surface area contributed by atoms with Crippen molar-refractivity contribution in [1.82, 2.24) is 9.78 Å². The van der Waals surface area contributed by atoms with Gasteiger partial charge in [0, 0.05) is 37.3 Å². The van der Waals surface area contributed by atoms with E-state index in [0.29, 0.717) is 41.0 Å². The average Bonchev–Trinajstić information content (AvgIpc) is 3.14. The van der Waals surface area contributed by atoms with Gasteiger partial charge < -0.3 is 24.7 Å². The zero-order valence-corrected chi connectivity index (χ0v) is 17.9. The fourth-order valence-corrected chi connectivity index (χ4v) is 3.72. The number of benzene rings is 2. The van der Waals surface area contributed by atoms with Crippen molar-refractivity contribution >= 4 is 28.4 Å². The Morgan fingerprint density at radius 1 is 1.23 bits per heavy atom. The van der Waals surface area contributed by atoms with Crippen molar-refractivity contribution < 1.29 is 23.7 Å². The summed E-state index contributed by atoms with van der Waals surface area (Å²) >= 11 is 6.38. The first-order chi connectivity index (χ1) is 15.0. The van der Waals surface area contributed by atoms with E-state index in [0.717, 1.165) is 37.0 Å². The topological polar surface area (TPSA) is 97.8 Å². The lowest BCUT2D eigenvalue weighted by Crippen LogP contribution is -2.25. The third-order valence-corrected chi connectivity index (χ3v) is 5.37. The minimum atomic E-state index is -0.541. The smallest absolute Gasteiger partial charge is 0.248 e. The van der Waals surface area contributed by atoms with Crippen LogP contribution in [0.3, 0.4) is 0 Å². The van der Waals surface area contributed by atoms with E-state index >= 15 is 0 Å². The third-order valence-electron chi connectivity index (χ3n) is 5.08. The van der Waals surface area contributed by atoms with Gasteiger partial charge in [-0.15, -0.1) is 0 Å². The number of halogens is 1. The highest BCUT2D eigenvalue weighted by Gasteiger charge is 2.15. The van der Waals surface area contributed by atoms with Crippen LogP contribution in [0.25, 0.3) is 10.9 Å². The van der Waals surface area contributed by atoms with Crippen LogP contribution >= 0.6 is 11.6 Å². The summed E-state index contributed by atoms with van der Waals surface area (Å²) in [6.07, 6.45) is 3.70. The van der Waals surface area contributed by atoms with Gasteiger partial charge in [0.1, 0.15) is 23.6 Å². The molecule has 8 nitrogen and oxygen atoms in total. The predicted octanol–water partition coefficient (Wildman–Crippen LogP) is 3.69. The van der Waals surface area contributed by atoms with Gasteiger partial charge in [-0.25, -0.2) is 0 Å². The number of hydrogen-bond acceptors (Lipinski definition) is 6. The number of aromatic nitrogens is 2. The highest BCUT2D eigenvalue weighted by Crippen LogP contribution is 2.35. The number of primary amides is 1. The number of aryl methyl sites for hydroxylation is 1. The van der Waals surface area contributed by atoms with Gasteiger partial charge in [-0.1, -0.05) is 11.6 Å². The van der Waals surface area contributed by atoms with Crippen LogP contribution in [0, 0.1) is 0 Å². The van der Waals surface area contributed by atoms with E-state index < -0.39 is 5.91 Å². The Hall–Kier alpha value is -2.81. The first kappa shape index (κ1) is 21.4. The van der Waals surface area contributed by atoms with Crippen LogP contribution in [-0.4, -0.2) is 48.2 Å². The van der Waals surface area contributed by atoms with E-state index in [-0.39, 0.29) is 6.10 Å². The molecule has 164 valence electrons. The van der Waals surface area contributed by atoms with Crippen molar-refractivity contribution in [1.29, 1.82) is 0 Å². The molecule has 0 atom stereocenters. The minimum Gasteiger partial charge on any atom is -0.490 e. The standard InChI is InChI=1S/C22H24ClN3O5/c1-26-21-15(13-25-26)10-14(22(24)27)11-20(21)31-17-2-3-19(18(23)12-17)30-9-8-29-16-4-6-28-7-5-16/h2-3,10-13,16H,4-9H2,1H3,(H2,24,27). The van der Waals surface area contributed by atoms with Crippen LogP contribution in [0.15, 0.2) is 36.5 Å². The van der Waals surface area contributed by atoms with Gasteiger partial charge in [0.15, 0.2) is 5.75 Å². The normalized spacial score (nSPS) is 14.6. The minimum absolute atomic E-state index is 0.226. The Morgan fingerprint density at radius 3 is 2.77 bits per heavy atom. The van der Waals surface area contributed by atoms with Gasteiger partial charge in [-0.05, 0) is 37.1 Å². The van der Waals surface area contributed by atoms with Crippen LogP contribution < -0.4 is 15.2 Å². The molecule has 4 rings (SSSR count). The molecule has 9 heteroatoms. The van der Waals surface area contributed by atoms with Crippen LogP contribution in [0.1, 0.15) is 23.2 Å². The predicted molar refractivity (Wildman–Crippen MR) is 116 cm³/mol. The third kappa shape index (κ3) is 5.10. The molecule has 2 N–H and O–H groups in total. The number of rotatable bonds is 8. The van der Waals surface area contributed by atoms with Crippen LogP contribution in [0.2, 0.25) is 5.02 Å². The van der Waals surface area contributed by atoms with E-state index in [1.54, 1.807) is 48.3 Å². The van der Waals surface area contributed by atoms with Crippen LogP contribution in [-0.2, 0) is 16.5 Å². The molecule has 0 radical (unpaired) electrons. The molecule has 0 aliphatic carbocycles. The van der Waals surface area contributed by atoms with Gasteiger partial charge >= 0.3 is 0 Å². The lowest BCUT2D eigenvalue weighted by Gasteiger charge is -2.22. The summed E-state index contributed by atoms with van der Waals surface area (Å²) in [5, 5.41) is 5.39. The molecule has 1 aliphatic rings. The molecular formula is C22H24ClN3O5. The van der Waals surface area contributed by atoms with Gasteiger partial charge in [0.2, 0.25) is 5.91 Å². The van der Waals surface area contributed by atoms with E-state index in [9.17, 15) is 4.79 Å². The summed E-state index contributed by atoms with van der Waals surface area (Å²) in [5.74, 6) is 0.960. The molecule has 1 amide bonds. The maximum atomic E-state index is 11.7. The van der Waals surface area contributed by atoms with Gasteiger partial charge in [-0.2, -0.15) is 5.10 Å². The van der Waals surface area contributed by atoms with E-state index in [1.807, 2.05) is 0 Å². The Balaban J connectivity index is 1.42. The number of carbonyl (C=O) groups excluding carboxylic acids is 1. The molecule has 1 aromatic heterocycles. The Bertz CT molecular complexity index is 1080. The van der Waals surface area contributed by atoms with Gasteiger partial charge in [0.05, 0.1) is 23.9 Å². The Kier molecular flexibility index (Phi) is 6.60. The first-order valence-electron chi connectivity index (χ1n) is 10.1. The molecule has 31 heavy (non-hydrogen) atoms. The molecule has 1 saturated heterocycles. The molecular weight excluding hydrogens is 422 g/mol. The second-order valence-corrected chi connectivity index (χ2v) is 7.68. The molecule has 2 aromatic carbocycles. The number of hydrogen-bond donors (Lipinski definition) is 1. The second-order valence-electron chi connectivity index (χ2n) is 7.27. The number of ether oxygens (including phenoxy) is 4. The second kappa shape index (κ2) is 9.55. The molecule has 0 saturated carbocycles. The summed E-state index contributed by atoms with van der Waals surface area (Å²) in [4.78, 5) is 11.7. The summed E-state index contributed by atoms with van der Waals surface area (Å²) < 4.78 is 24.6. The van der Waals surface area contributed by atoms with Crippen molar-refractivity contribution in [3.63, 3.8) is 0 Å². The summed E-state index contributed by atoms with van der Waals surface area (Å²) in [6.45, 7) is 2.36. The number of carbonyl (C=O) groups is 1. The number of nitrogens with zero attached hydrogens (tertiary/aromatic N) is 2. The largest absolute Gasteiger partial charge is 0.490 e. The van der Waals surface area contributed by atoms with Crippen molar-refractivity contribution in [3.8, 4) is 17.2 Å². The SMILES string of the molecule is Cn1ncc2cc(C(N)=O)cc(Oc3ccc(OCCOC4CCOCC4)c(Cl)c3)c21. The quantitative estimate of drug-likeness (QED) is 0.531. The molecule has 0 unspecified atom stereocenters. The zero-order valence-electron chi connectivity index (χ0n) is 17.2. The molecule has 0 bridgehead atoms. The van der Waals surface area contributed by atoms with Crippen molar-refractivity contribution in [2.45, 2.75) is 18.9 Å². The molecule has 1 aliphatic heterocycles. The highest BCUT2D eigenvalue weighted by molar-refractivity contribution is 6.32. The zero-order chi connectivity index (χ0) is 21.8. The summed E-state index contributed by atoms with van der Waals surface area (Å²) in [6, 6.07) is 8.43. The fraction of sp³-hybridized carbons (Fsp3) is 0.364. The van der Waals surface area contributed by atoms with Crippen molar-refractivity contribution in [3.05, 3.63) is 47.1 Å². The fourth-order valence-electron chi connectivity index (χ4n) is 3.50. The van der Waals surface area contributed by atoms with Gasteiger partial charge in [-0.3, -0.25) is 9.48 Å². The Labute approximate surface area is 184 Å². The monoisotopic (exact) mass is 445 g/mol. The maximum Gasteiger partial charge on any atom is 0.248 e. The maximum absolute atomic E-state index is 11.7. The lowest BCUT2D eigenvalue weighted by atomic mass is 10.1. The average molecular weight is 446 g/mol. The Morgan fingerprint density at radius 2 is 2.03 bits per heavy atom.